The molecule has 1 heterocycles. The Morgan fingerprint density at radius 1 is 1.54 bits per heavy atom. The zero-order valence-corrected chi connectivity index (χ0v) is 8.35. The number of nitrogens with zero attached hydrogens (tertiary/aromatic N) is 1. The van der Waals surface area contributed by atoms with E-state index in [0.29, 0.717) is 5.56 Å². The average Bonchev–Trinajstić information content (AvgIpc) is 2.08. The second-order valence-corrected chi connectivity index (χ2v) is 3.63. The minimum Gasteiger partial charge on any atom is -0.324 e. The van der Waals surface area contributed by atoms with Crippen molar-refractivity contribution in [1.82, 2.24) is 4.98 Å². The molecule has 0 aliphatic carbocycles. The van der Waals surface area contributed by atoms with Crippen molar-refractivity contribution in [3.05, 3.63) is 28.8 Å². The SMILES string of the molecule is CC(C)C(N)c1ccnc(Cl)c1F. The molecular weight excluding hydrogens is 191 g/mol. The monoisotopic (exact) mass is 202 g/mol. The summed E-state index contributed by atoms with van der Waals surface area (Å²) in [6.07, 6.45) is 1.46. The smallest absolute Gasteiger partial charge is 0.165 e. The van der Waals surface area contributed by atoms with Gasteiger partial charge in [-0.15, -0.1) is 0 Å². The third-order valence-electron chi connectivity index (χ3n) is 1.95. The standard InChI is InChI=1S/C9H12ClFN2/c1-5(2)8(12)6-3-4-13-9(10)7(6)11/h3-5,8H,12H2,1-2H3. The van der Waals surface area contributed by atoms with Gasteiger partial charge in [0.05, 0.1) is 0 Å². The van der Waals surface area contributed by atoms with Gasteiger partial charge in [0.2, 0.25) is 0 Å². The van der Waals surface area contributed by atoms with E-state index in [1.807, 2.05) is 13.8 Å². The topological polar surface area (TPSA) is 38.9 Å². The maximum absolute atomic E-state index is 13.3. The Morgan fingerprint density at radius 2 is 2.15 bits per heavy atom. The maximum atomic E-state index is 13.3. The van der Waals surface area contributed by atoms with Crippen LogP contribution in [0.1, 0.15) is 25.5 Å². The van der Waals surface area contributed by atoms with Crippen molar-refractivity contribution in [3.63, 3.8) is 0 Å². The molecule has 0 saturated heterocycles. The van der Waals surface area contributed by atoms with E-state index in [4.69, 9.17) is 17.3 Å². The largest absolute Gasteiger partial charge is 0.324 e. The van der Waals surface area contributed by atoms with Gasteiger partial charge in [0.1, 0.15) is 0 Å². The van der Waals surface area contributed by atoms with Crippen molar-refractivity contribution in [1.29, 1.82) is 0 Å². The van der Waals surface area contributed by atoms with Crippen molar-refractivity contribution >= 4 is 11.6 Å². The molecule has 2 N–H and O–H groups in total. The average molecular weight is 203 g/mol. The summed E-state index contributed by atoms with van der Waals surface area (Å²) in [5.41, 5.74) is 6.21. The third-order valence-corrected chi connectivity index (χ3v) is 2.22. The van der Waals surface area contributed by atoms with Crippen LogP contribution in [0.3, 0.4) is 0 Å². The second-order valence-electron chi connectivity index (χ2n) is 3.27. The Bertz CT molecular complexity index is 302. The van der Waals surface area contributed by atoms with Crippen molar-refractivity contribution in [3.8, 4) is 0 Å². The molecule has 0 saturated carbocycles. The summed E-state index contributed by atoms with van der Waals surface area (Å²) < 4.78 is 13.3. The molecule has 1 atom stereocenters. The molecule has 72 valence electrons. The first-order chi connectivity index (χ1) is 6.04. The Hall–Kier alpha value is -0.670. The highest BCUT2D eigenvalue weighted by Crippen LogP contribution is 2.24. The van der Waals surface area contributed by atoms with Crippen LogP contribution >= 0.6 is 11.6 Å². The highest BCUT2D eigenvalue weighted by atomic mass is 35.5. The van der Waals surface area contributed by atoms with Gasteiger partial charge in [0.15, 0.2) is 11.0 Å². The molecule has 0 radical (unpaired) electrons. The molecule has 0 spiro atoms. The number of aromatic nitrogens is 1. The van der Waals surface area contributed by atoms with Crippen molar-refractivity contribution in [2.75, 3.05) is 0 Å². The predicted molar refractivity (Wildman–Crippen MR) is 51.0 cm³/mol. The highest BCUT2D eigenvalue weighted by Gasteiger charge is 2.16. The maximum Gasteiger partial charge on any atom is 0.165 e. The number of halogens is 2. The van der Waals surface area contributed by atoms with Gasteiger partial charge in [0.25, 0.3) is 0 Å². The van der Waals surface area contributed by atoms with Crippen LogP contribution in [0.4, 0.5) is 4.39 Å². The molecule has 1 aromatic heterocycles. The van der Waals surface area contributed by atoms with Gasteiger partial charge >= 0.3 is 0 Å². The molecule has 0 aliphatic heterocycles. The molecule has 0 bridgehead atoms. The Kier molecular flexibility index (Phi) is 3.22. The van der Waals surface area contributed by atoms with Gasteiger partial charge in [-0.25, -0.2) is 9.37 Å². The minimum absolute atomic E-state index is 0.117. The minimum atomic E-state index is -0.509. The van der Waals surface area contributed by atoms with E-state index in [-0.39, 0.29) is 17.1 Å². The third kappa shape index (κ3) is 2.17. The fourth-order valence-electron chi connectivity index (χ4n) is 1.05. The summed E-state index contributed by atoms with van der Waals surface area (Å²) in [6.45, 7) is 3.86. The van der Waals surface area contributed by atoms with Gasteiger partial charge in [-0.2, -0.15) is 0 Å². The van der Waals surface area contributed by atoms with Crippen molar-refractivity contribution in [2.24, 2.45) is 11.7 Å². The van der Waals surface area contributed by atoms with E-state index >= 15 is 0 Å². The first-order valence-corrected chi connectivity index (χ1v) is 4.47. The molecule has 0 amide bonds. The number of rotatable bonds is 2. The summed E-state index contributed by atoms with van der Waals surface area (Å²) in [6, 6.07) is 1.23. The lowest BCUT2D eigenvalue weighted by Gasteiger charge is -2.16. The van der Waals surface area contributed by atoms with Gasteiger partial charge in [-0.05, 0) is 12.0 Å². The molecular formula is C9H12ClFN2. The quantitative estimate of drug-likeness (QED) is 0.749. The van der Waals surface area contributed by atoms with E-state index in [1.165, 1.54) is 6.20 Å². The fraction of sp³-hybridized carbons (Fsp3) is 0.444. The summed E-state index contributed by atoms with van der Waals surface area (Å²) in [7, 11) is 0. The van der Waals surface area contributed by atoms with Crippen molar-refractivity contribution in [2.45, 2.75) is 19.9 Å². The van der Waals surface area contributed by atoms with E-state index < -0.39 is 5.82 Å². The molecule has 13 heavy (non-hydrogen) atoms. The molecule has 2 nitrogen and oxygen atoms in total. The van der Waals surface area contributed by atoms with Crippen LogP contribution in [0, 0.1) is 11.7 Å². The van der Waals surface area contributed by atoms with Crippen LogP contribution in [-0.2, 0) is 0 Å². The van der Waals surface area contributed by atoms with Crippen LogP contribution in [0.25, 0.3) is 0 Å². The normalized spacial score (nSPS) is 13.4. The van der Waals surface area contributed by atoms with Crippen LogP contribution < -0.4 is 5.73 Å². The van der Waals surface area contributed by atoms with Crippen LogP contribution in [0.5, 0.6) is 0 Å². The lowest BCUT2D eigenvalue weighted by atomic mass is 9.98. The van der Waals surface area contributed by atoms with Crippen molar-refractivity contribution < 1.29 is 4.39 Å². The van der Waals surface area contributed by atoms with Crippen LogP contribution in [-0.4, -0.2) is 4.98 Å². The molecule has 4 heteroatoms. The Balaban J connectivity index is 3.07. The van der Waals surface area contributed by atoms with Gasteiger partial charge in [0, 0.05) is 17.8 Å². The first-order valence-electron chi connectivity index (χ1n) is 4.09. The summed E-state index contributed by atoms with van der Waals surface area (Å²) in [5.74, 6) is -0.335. The van der Waals surface area contributed by atoms with Gasteiger partial charge in [-0.1, -0.05) is 25.4 Å². The number of pyridine rings is 1. The van der Waals surface area contributed by atoms with Crippen LogP contribution in [0.15, 0.2) is 12.3 Å². The molecule has 0 aliphatic rings. The highest BCUT2D eigenvalue weighted by molar-refractivity contribution is 6.29. The van der Waals surface area contributed by atoms with E-state index in [0.717, 1.165) is 0 Å². The lowest BCUT2D eigenvalue weighted by Crippen LogP contribution is -2.18. The Labute approximate surface area is 81.9 Å². The zero-order chi connectivity index (χ0) is 10.0. The van der Waals surface area contributed by atoms with E-state index in [9.17, 15) is 4.39 Å². The summed E-state index contributed by atoms with van der Waals surface area (Å²) in [4.78, 5) is 3.62. The Morgan fingerprint density at radius 3 is 2.69 bits per heavy atom. The van der Waals surface area contributed by atoms with E-state index in [2.05, 4.69) is 4.98 Å². The zero-order valence-electron chi connectivity index (χ0n) is 7.59. The molecule has 0 aromatic carbocycles. The molecule has 0 fully saturated rings. The van der Waals surface area contributed by atoms with E-state index in [1.54, 1.807) is 6.07 Å². The molecule has 1 aromatic rings. The molecule has 1 unspecified atom stereocenters. The first kappa shape index (κ1) is 10.4. The summed E-state index contributed by atoms with van der Waals surface area (Å²) >= 11 is 5.52. The number of hydrogen-bond donors (Lipinski definition) is 1. The number of hydrogen-bond acceptors (Lipinski definition) is 2. The number of nitrogens with two attached hydrogens (primary N) is 1. The summed E-state index contributed by atoms with van der Waals surface area (Å²) in [5, 5.41) is -0.117. The lowest BCUT2D eigenvalue weighted by molar-refractivity contribution is 0.483. The van der Waals surface area contributed by atoms with Gasteiger partial charge in [-0.3, -0.25) is 0 Å². The van der Waals surface area contributed by atoms with Gasteiger partial charge < -0.3 is 5.73 Å². The predicted octanol–water partition coefficient (Wildman–Crippen LogP) is 2.53. The fourth-order valence-corrected chi connectivity index (χ4v) is 1.21. The second kappa shape index (κ2) is 4.03. The molecule has 1 rings (SSSR count). The van der Waals surface area contributed by atoms with Crippen LogP contribution in [0.2, 0.25) is 5.15 Å².